The number of phenols is 1. The molecule has 2 N–H and O–H groups in total. The summed E-state index contributed by atoms with van der Waals surface area (Å²) >= 11 is 0. The van der Waals surface area contributed by atoms with Gasteiger partial charge in [0, 0.05) is 6.07 Å². The van der Waals surface area contributed by atoms with Gasteiger partial charge in [-0.2, -0.15) is 0 Å². The topological polar surface area (TPSA) is 101 Å². The van der Waals surface area contributed by atoms with Gasteiger partial charge in [-0.15, -0.1) is 0 Å². The Hall–Kier alpha value is -3.22. The molecule has 0 radical (unpaired) electrons. The van der Waals surface area contributed by atoms with E-state index in [1.807, 2.05) is 0 Å². The van der Waals surface area contributed by atoms with Gasteiger partial charge in [0.2, 0.25) is 0 Å². The van der Waals surface area contributed by atoms with Gasteiger partial charge < -0.3 is 10.2 Å². The number of benzene rings is 2. The van der Waals surface area contributed by atoms with Gasteiger partial charge >= 0.3 is 11.7 Å². The standard InChI is InChI=1S/C15H10FNO5/c16-11-4-2-10(3-5-11)12(15(19)20)7-9-1-6-14(18)13(8-9)17(21)22/h1-8,18H,(H,19,20)/b12-7-. The highest BCUT2D eigenvalue weighted by molar-refractivity contribution is 6.20. The number of hydrogen-bond acceptors (Lipinski definition) is 4. The van der Waals surface area contributed by atoms with Crippen molar-refractivity contribution in [3.05, 3.63) is 69.5 Å². The van der Waals surface area contributed by atoms with E-state index in [4.69, 9.17) is 0 Å². The fourth-order valence-electron chi connectivity index (χ4n) is 1.84. The van der Waals surface area contributed by atoms with Crippen LogP contribution in [0.1, 0.15) is 11.1 Å². The zero-order chi connectivity index (χ0) is 16.3. The average molecular weight is 303 g/mol. The molecule has 0 heterocycles. The maximum absolute atomic E-state index is 12.9. The summed E-state index contributed by atoms with van der Waals surface area (Å²) in [5.74, 6) is -2.28. The molecular weight excluding hydrogens is 293 g/mol. The highest BCUT2D eigenvalue weighted by atomic mass is 19.1. The first-order valence-electron chi connectivity index (χ1n) is 6.07. The molecule has 22 heavy (non-hydrogen) atoms. The number of nitro benzene ring substituents is 1. The second kappa shape index (κ2) is 6.04. The predicted octanol–water partition coefficient (Wildman–Crippen LogP) is 3.06. The van der Waals surface area contributed by atoms with Crippen LogP contribution in [0.25, 0.3) is 11.6 Å². The van der Waals surface area contributed by atoms with Crippen LogP contribution in [0.3, 0.4) is 0 Å². The molecule has 2 aromatic carbocycles. The minimum atomic E-state index is -1.26. The van der Waals surface area contributed by atoms with Gasteiger partial charge in [0.05, 0.1) is 10.5 Å². The number of aromatic hydroxyl groups is 1. The Morgan fingerprint density at radius 1 is 1.18 bits per heavy atom. The van der Waals surface area contributed by atoms with E-state index in [9.17, 15) is 29.5 Å². The second-order valence-electron chi connectivity index (χ2n) is 4.38. The number of hydrogen-bond donors (Lipinski definition) is 2. The number of halogens is 1. The zero-order valence-electron chi connectivity index (χ0n) is 11.1. The van der Waals surface area contributed by atoms with Crippen LogP contribution in [0, 0.1) is 15.9 Å². The quantitative estimate of drug-likeness (QED) is 0.391. The summed E-state index contributed by atoms with van der Waals surface area (Å²) < 4.78 is 12.9. The normalized spacial score (nSPS) is 11.2. The Kier molecular flexibility index (Phi) is 4.17. The molecule has 0 aliphatic carbocycles. The molecule has 2 rings (SSSR count). The van der Waals surface area contributed by atoms with Crippen molar-refractivity contribution in [1.82, 2.24) is 0 Å². The lowest BCUT2D eigenvalue weighted by molar-refractivity contribution is -0.385. The highest BCUT2D eigenvalue weighted by Crippen LogP contribution is 2.28. The number of carboxylic acid groups (broad SMARTS) is 1. The molecule has 0 aliphatic heterocycles. The van der Waals surface area contributed by atoms with Gasteiger partial charge in [0.15, 0.2) is 5.75 Å². The molecule has 0 unspecified atom stereocenters. The molecule has 0 bridgehead atoms. The molecule has 6 nitrogen and oxygen atoms in total. The van der Waals surface area contributed by atoms with Crippen molar-refractivity contribution in [1.29, 1.82) is 0 Å². The van der Waals surface area contributed by atoms with Crippen molar-refractivity contribution >= 4 is 23.3 Å². The number of carboxylic acids is 1. The first-order valence-corrected chi connectivity index (χ1v) is 6.07. The fraction of sp³-hybridized carbons (Fsp3) is 0. The van der Waals surface area contributed by atoms with E-state index in [1.54, 1.807) is 0 Å². The summed E-state index contributed by atoms with van der Waals surface area (Å²) in [6.07, 6.45) is 1.21. The largest absolute Gasteiger partial charge is 0.502 e. The average Bonchev–Trinajstić information content (AvgIpc) is 2.47. The number of phenolic OH excluding ortho intramolecular Hbond substituents is 1. The number of nitrogens with zero attached hydrogens (tertiary/aromatic N) is 1. The van der Waals surface area contributed by atoms with Crippen LogP contribution >= 0.6 is 0 Å². The Morgan fingerprint density at radius 2 is 1.82 bits per heavy atom. The molecule has 112 valence electrons. The summed E-state index contributed by atoms with van der Waals surface area (Å²) in [6, 6.07) is 8.33. The summed E-state index contributed by atoms with van der Waals surface area (Å²) in [7, 11) is 0. The van der Waals surface area contributed by atoms with Crippen molar-refractivity contribution in [2.45, 2.75) is 0 Å². The number of carbonyl (C=O) groups is 1. The van der Waals surface area contributed by atoms with Crippen LogP contribution in [0.5, 0.6) is 5.75 Å². The SMILES string of the molecule is O=C(O)/C(=C\c1ccc(O)c([N+](=O)[O-])c1)c1ccc(F)cc1. The lowest BCUT2D eigenvalue weighted by Gasteiger charge is -2.04. The fourth-order valence-corrected chi connectivity index (χ4v) is 1.84. The zero-order valence-corrected chi connectivity index (χ0v) is 11.1. The first-order chi connectivity index (χ1) is 10.4. The van der Waals surface area contributed by atoms with Gasteiger partial charge in [0.1, 0.15) is 5.82 Å². The Morgan fingerprint density at radius 3 is 2.36 bits per heavy atom. The third-order valence-corrected chi connectivity index (χ3v) is 2.89. The summed E-state index contributed by atoms with van der Waals surface area (Å²) in [6.45, 7) is 0. The van der Waals surface area contributed by atoms with Gasteiger partial charge in [-0.05, 0) is 35.4 Å². The summed E-state index contributed by atoms with van der Waals surface area (Å²) in [4.78, 5) is 21.3. The van der Waals surface area contributed by atoms with E-state index in [1.165, 1.54) is 24.3 Å². The van der Waals surface area contributed by atoms with E-state index in [0.29, 0.717) is 0 Å². The summed E-state index contributed by atoms with van der Waals surface area (Å²) in [5, 5.41) is 29.4. The first kappa shape index (κ1) is 15.2. The highest BCUT2D eigenvalue weighted by Gasteiger charge is 2.15. The third-order valence-electron chi connectivity index (χ3n) is 2.89. The van der Waals surface area contributed by atoms with Crippen LogP contribution in [-0.2, 0) is 4.79 Å². The molecule has 0 atom stereocenters. The second-order valence-corrected chi connectivity index (χ2v) is 4.38. The van der Waals surface area contributed by atoms with Crippen LogP contribution in [-0.4, -0.2) is 21.1 Å². The van der Waals surface area contributed by atoms with Crippen molar-refractivity contribution in [2.24, 2.45) is 0 Å². The monoisotopic (exact) mass is 303 g/mol. The number of nitro groups is 1. The maximum Gasteiger partial charge on any atom is 0.336 e. The minimum Gasteiger partial charge on any atom is -0.502 e. The Balaban J connectivity index is 2.51. The molecule has 0 saturated carbocycles. The van der Waals surface area contributed by atoms with Crippen molar-refractivity contribution in [3.8, 4) is 5.75 Å². The predicted molar refractivity (Wildman–Crippen MR) is 76.7 cm³/mol. The van der Waals surface area contributed by atoms with Crippen molar-refractivity contribution in [2.75, 3.05) is 0 Å². The van der Waals surface area contributed by atoms with Crippen molar-refractivity contribution in [3.63, 3.8) is 0 Å². The third kappa shape index (κ3) is 3.26. The summed E-state index contributed by atoms with van der Waals surface area (Å²) in [5.41, 5.74) is -0.201. The van der Waals surface area contributed by atoms with Gasteiger partial charge in [-0.25, -0.2) is 9.18 Å². The van der Waals surface area contributed by atoms with E-state index in [2.05, 4.69) is 0 Å². The maximum atomic E-state index is 12.9. The minimum absolute atomic E-state index is 0.153. The van der Waals surface area contributed by atoms with Crippen LogP contribution < -0.4 is 0 Å². The molecular formula is C15H10FNO5. The molecule has 0 spiro atoms. The van der Waals surface area contributed by atoms with Crippen molar-refractivity contribution < 1.29 is 24.3 Å². The van der Waals surface area contributed by atoms with Crippen LogP contribution in [0.2, 0.25) is 0 Å². The smallest absolute Gasteiger partial charge is 0.336 e. The van der Waals surface area contributed by atoms with Gasteiger partial charge in [-0.1, -0.05) is 18.2 Å². The van der Waals surface area contributed by atoms with E-state index in [-0.39, 0.29) is 16.7 Å². The van der Waals surface area contributed by atoms with E-state index >= 15 is 0 Å². The van der Waals surface area contributed by atoms with E-state index < -0.39 is 28.1 Å². The molecule has 7 heteroatoms. The van der Waals surface area contributed by atoms with Crippen LogP contribution in [0.4, 0.5) is 10.1 Å². The Labute approximate surface area is 123 Å². The molecule has 0 amide bonds. The van der Waals surface area contributed by atoms with Gasteiger partial charge in [0.25, 0.3) is 0 Å². The van der Waals surface area contributed by atoms with E-state index in [0.717, 1.165) is 24.3 Å². The van der Waals surface area contributed by atoms with Gasteiger partial charge in [-0.3, -0.25) is 10.1 Å². The number of rotatable bonds is 4. The Bertz CT molecular complexity index is 768. The lowest BCUT2D eigenvalue weighted by Crippen LogP contribution is -2.00. The number of aliphatic carboxylic acids is 1. The molecule has 0 saturated heterocycles. The molecule has 0 aromatic heterocycles. The molecule has 2 aromatic rings. The van der Waals surface area contributed by atoms with Crippen LogP contribution in [0.15, 0.2) is 42.5 Å². The lowest BCUT2D eigenvalue weighted by atomic mass is 10.0. The molecule has 0 fully saturated rings. The molecule has 0 aliphatic rings.